The van der Waals surface area contributed by atoms with Gasteiger partial charge in [-0.2, -0.15) is 5.10 Å². The predicted molar refractivity (Wildman–Crippen MR) is 66.9 cm³/mol. The molecule has 1 aromatic heterocycles. The highest BCUT2D eigenvalue weighted by molar-refractivity contribution is 5.39. The molecule has 0 spiro atoms. The van der Waals surface area contributed by atoms with Crippen LogP contribution in [0.25, 0.3) is 0 Å². The smallest absolute Gasteiger partial charge is 0.266 e. The molecule has 4 nitrogen and oxygen atoms in total. The third-order valence-electron chi connectivity index (χ3n) is 4.49. The summed E-state index contributed by atoms with van der Waals surface area (Å²) >= 11 is 0. The van der Waals surface area contributed by atoms with Gasteiger partial charge in [0.05, 0.1) is 11.9 Å². The molecule has 4 atom stereocenters. The molecule has 2 bridgehead atoms. The molecule has 4 unspecified atom stereocenters. The van der Waals surface area contributed by atoms with Crippen LogP contribution >= 0.6 is 0 Å². The van der Waals surface area contributed by atoms with Gasteiger partial charge in [-0.25, -0.2) is 5.10 Å². The Morgan fingerprint density at radius 1 is 1.47 bits per heavy atom. The van der Waals surface area contributed by atoms with E-state index in [2.05, 4.69) is 22.4 Å². The van der Waals surface area contributed by atoms with E-state index in [0.717, 1.165) is 23.4 Å². The third-order valence-corrected chi connectivity index (χ3v) is 4.49. The number of aromatic amines is 1. The van der Waals surface area contributed by atoms with Crippen LogP contribution in [0.3, 0.4) is 0 Å². The van der Waals surface area contributed by atoms with Crippen molar-refractivity contribution < 1.29 is 0 Å². The minimum Gasteiger partial charge on any atom is -0.381 e. The summed E-state index contributed by atoms with van der Waals surface area (Å²) in [6, 6.07) is 2.02. The van der Waals surface area contributed by atoms with E-state index in [9.17, 15) is 4.79 Å². The van der Waals surface area contributed by atoms with Crippen LogP contribution in [0, 0.1) is 17.8 Å². The molecule has 0 amide bonds. The lowest BCUT2D eigenvalue weighted by Gasteiger charge is -2.29. The summed E-state index contributed by atoms with van der Waals surface area (Å²) in [4.78, 5) is 11.2. The first-order valence-corrected chi connectivity index (χ1v) is 6.53. The lowest BCUT2D eigenvalue weighted by Crippen LogP contribution is -2.30. The first-order chi connectivity index (χ1) is 8.22. The molecule has 1 aromatic rings. The zero-order chi connectivity index (χ0) is 11.8. The van der Waals surface area contributed by atoms with Crippen LogP contribution in [0.5, 0.6) is 0 Å². The molecule has 2 saturated carbocycles. The molecular formula is C13H19N3O. The van der Waals surface area contributed by atoms with Crippen molar-refractivity contribution in [3.8, 4) is 0 Å². The number of aromatic nitrogens is 2. The Bertz CT molecular complexity index is 456. The van der Waals surface area contributed by atoms with Crippen LogP contribution < -0.4 is 10.9 Å². The van der Waals surface area contributed by atoms with Gasteiger partial charge in [-0.1, -0.05) is 6.42 Å². The molecule has 0 aromatic carbocycles. The largest absolute Gasteiger partial charge is 0.381 e. The molecule has 3 rings (SSSR count). The molecule has 2 aliphatic carbocycles. The Labute approximate surface area is 101 Å². The Hall–Kier alpha value is -1.32. The predicted octanol–water partition coefficient (Wildman–Crippen LogP) is 2.01. The van der Waals surface area contributed by atoms with Gasteiger partial charge >= 0.3 is 0 Å². The van der Waals surface area contributed by atoms with E-state index in [1.165, 1.54) is 25.7 Å². The average Bonchev–Trinajstić information content (AvgIpc) is 2.90. The maximum absolute atomic E-state index is 11.2. The highest BCUT2D eigenvalue weighted by Crippen LogP contribution is 2.49. The zero-order valence-corrected chi connectivity index (χ0v) is 10.1. The molecule has 2 N–H and O–H groups in total. The fraction of sp³-hybridized carbons (Fsp3) is 0.692. The van der Waals surface area contributed by atoms with Gasteiger partial charge in [0.1, 0.15) is 0 Å². The van der Waals surface area contributed by atoms with E-state index < -0.39 is 0 Å². The van der Waals surface area contributed by atoms with Crippen LogP contribution in [0.15, 0.2) is 17.1 Å². The van der Waals surface area contributed by atoms with Gasteiger partial charge in [0.2, 0.25) is 0 Å². The second-order valence-corrected chi connectivity index (χ2v) is 5.61. The Morgan fingerprint density at radius 3 is 3.00 bits per heavy atom. The minimum absolute atomic E-state index is 0.143. The normalized spacial score (nSPS) is 32.6. The number of nitrogens with zero attached hydrogens (tertiary/aromatic N) is 1. The lowest BCUT2D eigenvalue weighted by atomic mass is 9.84. The number of anilines is 1. The molecule has 2 fully saturated rings. The van der Waals surface area contributed by atoms with Crippen molar-refractivity contribution in [1.82, 2.24) is 10.2 Å². The maximum Gasteiger partial charge on any atom is 0.266 e. The highest BCUT2D eigenvalue weighted by Gasteiger charge is 2.41. The fourth-order valence-corrected chi connectivity index (χ4v) is 3.73. The van der Waals surface area contributed by atoms with Crippen LogP contribution in [-0.2, 0) is 0 Å². The van der Waals surface area contributed by atoms with Crippen molar-refractivity contribution in [3.63, 3.8) is 0 Å². The zero-order valence-electron chi connectivity index (χ0n) is 10.1. The van der Waals surface area contributed by atoms with Gasteiger partial charge in [-0.3, -0.25) is 4.79 Å². The molecule has 92 valence electrons. The second-order valence-electron chi connectivity index (χ2n) is 5.61. The van der Waals surface area contributed by atoms with Crippen molar-refractivity contribution in [1.29, 1.82) is 0 Å². The molecule has 2 aliphatic rings. The average molecular weight is 233 g/mol. The van der Waals surface area contributed by atoms with Gasteiger partial charge in [0.25, 0.3) is 5.56 Å². The number of nitrogens with one attached hydrogen (secondary N) is 2. The molecule has 4 heteroatoms. The number of fused-ring (bicyclic) bond motifs is 2. The molecule has 0 radical (unpaired) electrons. The Balaban J connectivity index is 1.67. The van der Waals surface area contributed by atoms with Gasteiger partial charge in [0.15, 0.2) is 0 Å². The maximum atomic E-state index is 11.2. The molecule has 0 aliphatic heterocycles. The summed E-state index contributed by atoms with van der Waals surface area (Å²) in [6.45, 7) is 2.23. The summed E-state index contributed by atoms with van der Waals surface area (Å²) in [6.07, 6.45) is 7.29. The molecular weight excluding hydrogens is 214 g/mol. The van der Waals surface area contributed by atoms with Crippen molar-refractivity contribution in [2.45, 2.75) is 38.6 Å². The van der Waals surface area contributed by atoms with Crippen LogP contribution in [0.4, 0.5) is 5.69 Å². The topological polar surface area (TPSA) is 57.8 Å². The van der Waals surface area contributed by atoms with E-state index in [4.69, 9.17) is 0 Å². The number of rotatable bonds is 3. The van der Waals surface area contributed by atoms with E-state index in [0.29, 0.717) is 6.04 Å². The SMILES string of the molecule is CC(Nc1cn[nH]c(=O)c1)C1CC2CCC1C2. The van der Waals surface area contributed by atoms with E-state index in [1.54, 1.807) is 12.3 Å². The fourth-order valence-electron chi connectivity index (χ4n) is 3.73. The first-order valence-electron chi connectivity index (χ1n) is 6.53. The minimum atomic E-state index is -0.143. The summed E-state index contributed by atoms with van der Waals surface area (Å²) in [5.41, 5.74) is 0.694. The molecule has 1 heterocycles. The standard InChI is InChI=1S/C13H19N3O/c1-8(12-5-9-2-3-10(12)4-9)15-11-6-13(17)16-14-7-11/h6-10,12H,2-5H2,1H3,(H2,15,16,17). The molecule has 17 heavy (non-hydrogen) atoms. The van der Waals surface area contributed by atoms with Gasteiger partial charge in [-0.05, 0) is 43.9 Å². The van der Waals surface area contributed by atoms with E-state index in [1.807, 2.05) is 0 Å². The third kappa shape index (κ3) is 2.08. The number of hydrogen-bond acceptors (Lipinski definition) is 3. The van der Waals surface area contributed by atoms with Crippen LogP contribution in [-0.4, -0.2) is 16.2 Å². The van der Waals surface area contributed by atoms with Crippen molar-refractivity contribution >= 4 is 5.69 Å². The van der Waals surface area contributed by atoms with E-state index in [-0.39, 0.29) is 5.56 Å². The van der Waals surface area contributed by atoms with Gasteiger partial charge < -0.3 is 5.32 Å². The van der Waals surface area contributed by atoms with Crippen molar-refractivity contribution in [3.05, 3.63) is 22.6 Å². The summed E-state index contributed by atoms with van der Waals surface area (Å²) in [5, 5.41) is 9.63. The Morgan fingerprint density at radius 2 is 2.35 bits per heavy atom. The first kappa shape index (κ1) is 10.8. The van der Waals surface area contributed by atoms with E-state index >= 15 is 0 Å². The van der Waals surface area contributed by atoms with Crippen molar-refractivity contribution in [2.24, 2.45) is 17.8 Å². The summed E-state index contributed by atoms with van der Waals surface area (Å²) < 4.78 is 0. The Kier molecular flexibility index (Phi) is 2.65. The molecule has 0 saturated heterocycles. The highest BCUT2D eigenvalue weighted by atomic mass is 16.1. The monoisotopic (exact) mass is 233 g/mol. The van der Waals surface area contributed by atoms with Gasteiger partial charge in [0, 0.05) is 12.1 Å². The second kappa shape index (κ2) is 4.17. The number of hydrogen-bond donors (Lipinski definition) is 2. The number of H-pyrrole nitrogens is 1. The quantitative estimate of drug-likeness (QED) is 0.839. The summed E-state index contributed by atoms with van der Waals surface area (Å²) in [5.74, 6) is 2.64. The van der Waals surface area contributed by atoms with Crippen LogP contribution in [0.1, 0.15) is 32.6 Å². The van der Waals surface area contributed by atoms with Crippen LogP contribution in [0.2, 0.25) is 0 Å². The van der Waals surface area contributed by atoms with Crippen molar-refractivity contribution in [2.75, 3.05) is 5.32 Å². The lowest BCUT2D eigenvalue weighted by molar-refractivity contribution is 0.304. The van der Waals surface area contributed by atoms with Gasteiger partial charge in [-0.15, -0.1) is 0 Å². The summed E-state index contributed by atoms with van der Waals surface area (Å²) in [7, 11) is 0.